The van der Waals surface area contributed by atoms with Crippen LogP contribution in [-0.4, -0.2) is 45.2 Å². The zero-order valence-electron chi connectivity index (χ0n) is 10.6. The molecule has 1 aromatic rings. The largest absolute Gasteiger partial charge is 0.383 e. The van der Waals surface area contributed by atoms with Crippen molar-refractivity contribution in [1.82, 2.24) is 10.2 Å². The number of likely N-dealkylation sites (N-methyl/N-ethyl adjacent to an activating group) is 1. The number of hydrogen-bond donors (Lipinski definition) is 1. The van der Waals surface area contributed by atoms with Gasteiger partial charge >= 0.3 is 0 Å². The van der Waals surface area contributed by atoms with E-state index in [0.717, 1.165) is 5.56 Å². The smallest absolute Gasteiger partial charge is 0.242 e. The Labute approximate surface area is 103 Å². The van der Waals surface area contributed by atoms with Crippen molar-refractivity contribution in [1.29, 1.82) is 0 Å². The molecule has 94 valence electrons. The van der Waals surface area contributed by atoms with Crippen molar-refractivity contribution in [2.24, 2.45) is 0 Å². The molecule has 0 aliphatic carbocycles. The Hall–Kier alpha value is -1.39. The number of ether oxygens (including phenoxy) is 1. The average Bonchev–Trinajstić information content (AvgIpc) is 2.30. The fraction of sp³-hybridized carbons (Fsp3) is 0.462. The van der Waals surface area contributed by atoms with Crippen LogP contribution in [0.4, 0.5) is 0 Å². The van der Waals surface area contributed by atoms with Gasteiger partial charge in [-0.15, -0.1) is 0 Å². The van der Waals surface area contributed by atoms with Crippen molar-refractivity contribution >= 4 is 5.91 Å². The summed E-state index contributed by atoms with van der Waals surface area (Å²) in [4.78, 5) is 14.0. The van der Waals surface area contributed by atoms with Crippen LogP contribution in [0, 0.1) is 0 Å². The van der Waals surface area contributed by atoms with Crippen LogP contribution in [-0.2, 0) is 9.53 Å². The maximum absolute atomic E-state index is 12.1. The number of amides is 1. The van der Waals surface area contributed by atoms with Gasteiger partial charge in [0.25, 0.3) is 0 Å². The summed E-state index contributed by atoms with van der Waals surface area (Å²) in [7, 11) is 5.41. The summed E-state index contributed by atoms with van der Waals surface area (Å²) < 4.78 is 4.91. The Morgan fingerprint density at radius 1 is 1.35 bits per heavy atom. The monoisotopic (exact) mass is 236 g/mol. The van der Waals surface area contributed by atoms with E-state index in [2.05, 4.69) is 5.32 Å². The molecule has 17 heavy (non-hydrogen) atoms. The Kier molecular flexibility index (Phi) is 5.66. The summed E-state index contributed by atoms with van der Waals surface area (Å²) in [5.41, 5.74) is 0.993. The van der Waals surface area contributed by atoms with Crippen LogP contribution in [0.2, 0.25) is 0 Å². The van der Waals surface area contributed by atoms with Crippen molar-refractivity contribution in [3.05, 3.63) is 35.9 Å². The molecule has 0 aliphatic rings. The molecule has 1 amide bonds. The van der Waals surface area contributed by atoms with E-state index in [-0.39, 0.29) is 11.9 Å². The minimum Gasteiger partial charge on any atom is -0.383 e. The predicted molar refractivity (Wildman–Crippen MR) is 67.8 cm³/mol. The first-order valence-corrected chi connectivity index (χ1v) is 5.65. The highest BCUT2D eigenvalue weighted by Gasteiger charge is 2.21. The molecule has 0 spiro atoms. The van der Waals surface area contributed by atoms with Gasteiger partial charge in [-0.2, -0.15) is 0 Å². The molecule has 1 N–H and O–H groups in total. The van der Waals surface area contributed by atoms with Crippen LogP contribution < -0.4 is 5.32 Å². The molecule has 1 unspecified atom stereocenters. The molecule has 0 bridgehead atoms. The van der Waals surface area contributed by atoms with E-state index in [1.807, 2.05) is 49.3 Å². The van der Waals surface area contributed by atoms with Gasteiger partial charge in [0, 0.05) is 13.7 Å². The summed E-state index contributed by atoms with van der Waals surface area (Å²) in [5.74, 6) is -0.00162. The summed E-state index contributed by atoms with van der Waals surface area (Å²) in [5, 5.41) is 2.86. The molecule has 0 heterocycles. The third-order valence-electron chi connectivity index (χ3n) is 2.49. The maximum Gasteiger partial charge on any atom is 0.242 e. The van der Waals surface area contributed by atoms with Gasteiger partial charge in [0.15, 0.2) is 0 Å². The molecule has 1 atom stereocenters. The van der Waals surface area contributed by atoms with Crippen LogP contribution in [0.5, 0.6) is 0 Å². The fourth-order valence-corrected chi connectivity index (χ4v) is 1.69. The van der Waals surface area contributed by atoms with Gasteiger partial charge in [0.2, 0.25) is 5.91 Å². The Balaban J connectivity index is 2.70. The minimum atomic E-state index is -0.256. The van der Waals surface area contributed by atoms with Gasteiger partial charge in [-0.25, -0.2) is 0 Å². The highest BCUT2D eigenvalue weighted by Crippen LogP contribution is 2.17. The Morgan fingerprint density at radius 3 is 2.53 bits per heavy atom. The standard InChI is InChI=1S/C13H20N2O2/c1-15(2)12(11-7-5-4-6-8-11)13(16)14-9-10-17-3/h4-8,12H,9-10H2,1-3H3,(H,14,16). The normalized spacial score (nSPS) is 12.5. The molecular weight excluding hydrogens is 216 g/mol. The van der Waals surface area contributed by atoms with Crippen molar-refractivity contribution < 1.29 is 9.53 Å². The zero-order valence-corrected chi connectivity index (χ0v) is 10.6. The second-order valence-electron chi connectivity index (χ2n) is 4.06. The van der Waals surface area contributed by atoms with Gasteiger partial charge in [-0.05, 0) is 19.7 Å². The lowest BCUT2D eigenvalue weighted by molar-refractivity contribution is -0.125. The van der Waals surface area contributed by atoms with Gasteiger partial charge in [-0.1, -0.05) is 30.3 Å². The Bertz CT molecular complexity index is 339. The summed E-state index contributed by atoms with van der Waals surface area (Å²) in [6, 6.07) is 9.48. The van der Waals surface area contributed by atoms with Crippen LogP contribution in [0.1, 0.15) is 11.6 Å². The molecular formula is C13H20N2O2. The molecule has 4 nitrogen and oxygen atoms in total. The summed E-state index contributed by atoms with van der Waals surface area (Å²) >= 11 is 0. The molecule has 1 aromatic carbocycles. The number of rotatable bonds is 6. The molecule has 0 fully saturated rings. The summed E-state index contributed by atoms with van der Waals surface area (Å²) in [6.07, 6.45) is 0. The van der Waals surface area contributed by atoms with Crippen LogP contribution >= 0.6 is 0 Å². The molecule has 0 aromatic heterocycles. The minimum absolute atomic E-state index is 0.00162. The lowest BCUT2D eigenvalue weighted by Gasteiger charge is -2.23. The first kappa shape index (κ1) is 13.7. The number of carbonyl (C=O) groups excluding carboxylic acids is 1. The van der Waals surface area contributed by atoms with Gasteiger partial charge in [-0.3, -0.25) is 9.69 Å². The number of hydrogen-bond acceptors (Lipinski definition) is 3. The van der Waals surface area contributed by atoms with Crippen molar-refractivity contribution in [2.45, 2.75) is 6.04 Å². The first-order valence-electron chi connectivity index (χ1n) is 5.65. The molecule has 0 aliphatic heterocycles. The molecule has 4 heteroatoms. The number of nitrogens with one attached hydrogen (secondary N) is 1. The highest BCUT2D eigenvalue weighted by atomic mass is 16.5. The van der Waals surface area contributed by atoms with Crippen molar-refractivity contribution in [2.75, 3.05) is 34.4 Å². The van der Waals surface area contributed by atoms with E-state index in [1.165, 1.54) is 0 Å². The lowest BCUT2D eigenvalue weighted by Crippen LogP contribution is -2.38. The van der Waals surface area contributed by atoms with Crippen molar-refractivity contribution in [3.63, 3.8) is 0 Å². The maximum atomic E-state index is 12.1. The summed E-state index contributed by atoms with van der Waals surface area (Å²) in [6.45, 7) is 1.06. The second kappa shape index (κ2) is 7.04. The van der Waals surface area contributed by atoms with E-state index in [1.54, 1.807) is 7.11 Å². The first-order chi connectivity index (χ1) is 8.16. The van der Waals surface area contributed by atoms with Gasteiger partial charge in [0.1, 0.15) is 6.04 Å². The van der Waals surface area contributed by atoms with Crippen LogP contribution in [0.25, 0.3) is 0 Å². The van der Waals surface area contributed by atoms with E-state index in [4.69, 9.17) is 4.74 Å². The number of methoxy groups -OCH3 is 1. The second-order valence-corrected chi connectivity index (χ2v) is 4.06. The van der Waals surface area contributed by atoms with E-state index < -0.39 is 0 Å². The molecule has 0 saturated heterocycles. The zero-order chi connectivity index (χ0) is 12.7. The van der Waals surface area contributed by atoms with E-state index in [0.29, 0.717) is 13.2 Å². The third kappa shape index (κ3) is 4.17. The molecule has 1 rings (SSSR count). The Morgan fingerprint density at radius 2 is 2.00 bits per heavy atom. The topological polar surface area (TPSA) is 41.6 Å². The van der Waals surface area contributed by atoms with E-state index >= 15 is 0 Å². The third-order valence-corrected chi connectivity index (χ3v) is 2.49. The highest BCUT2D eigenvalue weighted by molar-refractivity contribution is 5.83. The SMILES string of the molecule is COCCNC(=O)C(c1ccccc1)N(C)C. The lowest BCUT2D eigenvalue weighted by atomic mass is 10.1. The van der Waals surface area contributed by atoms with E-state index in [9.17, 15) is 4.79 Å². The number of benzene rings is 1. The van der Waals surface area contributed by atoms with Crippen LogP contribution in [0.15, 0.2) is 30.3 Å². The predicted octanol–water partition coefficient (Wildman–Crippen LogP) is 1.05. The number of nitrogens with zero attached hydrogens (tertiary/aromatic N) is 1. The average molecular weight is 236 g/mol. The van der Waals surface area contributed by atoms with Crippen molar-refractivity contribution in [3.8, 4) is 0 Å². The van der Waals surface area contributed by atoms with Crippen LogP contribution in [0.3, 0.4) is 0 Å². The van der Waals surface area contributed by atoms with Gasteiger partial charge in [0.05, 0.1) is 6.61 Å². The molecule has 0 saturated carbocycles. The number of carbonyl (C=O) groups is 1. The molecule has 0 radical (unpaired) electrons. The fourth-order valence-electron chi connectivity index (χ4n) is 1.69. The quantitative estimate of drug-likeness (QED) is 0.751. The van der Waals surface area contributed by atoms with Gasteiger partial charge < -0.3 is 10.1 Å².